The number of ether oxygens (including phenoxy) is 2. The van der Waals surface area contributed by atoms with Crippen LogP contribution in [-0.4, -0.2) is 42.3 Å². The van der Waals surface area contributed by atoms with Gasteiger partial charge in [-0.3, -0.25) is 4.79 Å². The zero-order chi connectivity index (χ0) is 42.9. The van der Waals surface area contributed by atoms with E-state index in [-0.39, 0.29) is 36.7 Å². The van der Waals surface area contributed by atoms with Gasteiger partial charge in [0.2, 0.25) is 15.9 Å². The number of benzene rings is 6. The van der Waals surface area contributed by atoms with Crippen LogP contribution in [0.3, 0.4) is 0 Å². The fourth-order valence-corrected chi connectivity index (χ4v) is 9.28. The number of aliphatic hydroxyl groups is 1. The number of nitrogens with zero attached hydrogens (tertiary/aromatic N) is 1. The molecule has 316 valence electrons. The van der Waals surface area contributed by atoms with E-state index in [4.69, 9.17) is 18.9 Å². The van der Waals surface area contributed by atoms with Crippen molar-refractivity contribution < 1.29 is 32.2 Å². The fraction of sp³-hybridized carbons (Fsp3) is 0.200. The minimum atomic E-state index is -3.98. The van der Waals surface area contributed by atoms with E-state index >= 15 is 0 Å². The lowest BCUT2D eigenvalue weighted by atomic mass is 10.0. The normalized spacial score (nSPS) is 17.0. The largest absolute Gasteiger partial charge is 0.431 e. The Kier molecular flexibility index (Phi) is 13.7. The summed E-state index contributed by atoms with van der Waals surface area (Å²) in [4.78, 5) is 18.7. The van der Waals surface area contributed by atoms with Crippen LogP contribution in [0.2, 0.25) is 0 Å². The van der Waals surface area contributed by atoms with Crippen molar-refractivity contribution >= 4 is 27.7 Å². The first kappa shape index (κ1) is 42.8. The minimum Gasteiger partial charge on any atom is -0.431 e. The molecular formula is C50H47N3O7S2. The van der Waals surface area contributed by atoms with E-state index in [1.54, 1.807) is 12.1 Å². The average molecular weight is 866 g/mol. The molecule has 1 amide bonds. The predicted octanol–water partition coefficient (Wildman–Crippen LogP) is 9.35. The third-order valence-corrected chi connectivity index (χ3v) is 13.1. The van der Waals surface area contributed by atoms with Crippen molar-refractivity contribution in [1.82, 2.24) is 15.0 Å². The van der Waals surface area contributed by atoms with Crippen molar-refractivity contribution in [2.75, 3.05) is 5.75 Å². The van der Waals surface area contributed by atoms with E-state index in [0.717, 1.165) is 50.2 Å². The van der Waals surface area contributed by atoms with Gasteiger partial charge >= 0.3 is 0 Å². The Morgan fingerprint density at radius 3 is 2.02 bits per heavy atom. The van der Waals surface area contributed by atoms with Crippen molar-refractivity contribution in [2.45, 2.75) is 67.6 Å². The van der Waals surface area contributed by atoms with Gasteiger partial charge < -0.3 is 24.3 Å². The highest BCUT2D eigenvalue weighted by atomic mass is 32.2. The Morgan fingerprint density at radius 2 is 1.35 bits per heavy atom. The topological polar surface area (TPSA) is 140 Å². The molecule has 7 aromatic rings. The second-order valence-electron chi connectivity index (χ2n) is 15.2. The number of amides is 1. The summed E-state index contributed by atoms with van der Waals surface area (Å²) in [6, 6.07) is 50.1. The van der Waals surface area contributed by atoms with E-state index in [1.165, 1.54) is 23.9 Å². The van der Waals surface area contributed by atoms with Crippen LogP contribution in [0.5, 0.6) is 0 Å². The highest BCUT2D eigenvalue weighted by molar-refractivity contribution is 7.99. The van der Waals surface area contributed by atoms with Gasteiger partial charge in [-0.1, -0.05) is 169 Å². The minimum absolute atomic E-state index is 0.0492. The second-order valence-corrected chi connectivity index (χ2v) is 17.9. The van der Waals surface area contributed by atoms with Crippen LogP contribution in [0.15, 0.2) is 178 Å². The zero-order valence-electron chi connectivity index (χ0n) is 34.1. The molecular weight excluding hydrogens is 819 g/mol. The van der Waals surface area contributed by atoms with E-state index in [9.17, 15) is 18.3 Å². The molecule has 4 atom stereocenters. The summed E-state index contributed by atoms with van der Waals surface area (Å²) < 4.78 is 49.0. The van der Waals surface area contributed by atoms with Gasteiger partial charge in [0.05, 0.1) is 23.7 Å². The molecule has 1 fully saturated rings. The van der Waals surface area contributed by atoms with Crippen LogP contribution in [0.25, 0.3) is 22.6 Å². The molecule has 0 saturated carbocycles. The number of carbonyl (C=O) groups is 1. The SMILES string of the molecule is Cc1ccc(S(=O)(=O)N[C@H](Cc2ccccc2)C(=O)NCc2ccc(C3O[C@H](CSc4nc(-c5ccccc5)c(-c5ccccc5)o4)C[C@H](c4ccc(CO)cc4)O3)cc2)cc1. The summed E-state index contributed by atoms with van der Waals surface area (Å²) in [5.74, 6) is 0.815. The second kappa shape index (κ2) is 19.9. The number of sulfonamides is 1. The summed E-state index contributed by atoms with van der Waals surface area (Å²) >= 11 is 1.49. The van der Waals surface area contributed by atoms with Gasteiger partial charge in [-0.05, 0) is 47.7 Å². The summed E-state index contributed by atoms with van der Waals surface area (Å²) in [5.41, 5.74) is 7.84. The van der Waals surface area contributed by atoms with Crippen LogP contribution < -0.4 is 10.0 Å². The first-order valence-electron chi connectivity index (χ1n) is 20.5. The van der Waals surface area contributed by atoms with Crippen molar-refractivity contribution in [3.63, 3.8) is 0 Å². The summed E-state index contributed by atoms with van der Waals surface area (Å²) in [6.45, 7) is 2.01. The van der Waals surface area contributed by atoms with E-state index in [2.05, 4.69) is 10.0 Å². The third-order valence-electron chi connectivity index (χ3n) is 10.6. The highest BCUT2D eigenvalue weighted by Crippen LogP contribution is 2.41. The van der Waals surface area contributed by atoms with Crippen LogP contribution >= 0.6 is 11.8 Å². The summed E-state index contributed by atoms with van der Waals surface area (Å²) in [6.07, 6.45) is -0.467. The van der Waals surface area contributed by atoms with E-state index < -0.39 is 28.3 Å². The lowest BCUT2D eigenvalue weighted by Gasteiger charge is -2.36. The first-order valence-corrected chi connectivity index (χ1v) is 22.9. The Bertz CT molecular complexity index is 2590. The van der Waals surface area contributed by atoms with Gasteiger partial charge in [0.15, 0.2) is 12.1 Å². The van der Waals surface area contributed by atoms with Crippen molar-refractivity contribution in [3.05, 3.63) is 197 Å². The van der Waals surface area contributed by atoms with Gasteiger partial charge in [-0.2, -0.15) is 4.72 Å². The molecule has 1 saturated heterocycles. The van der Waals surface area contributed by atoms with Gasteiger partial charge in [-0.15, -0.1) is 0 Å². The third kappa shape index (κ3) is 10.8. The standard InChI is InChI=1S/C50H47N3O7S2/c1-34-17-27-43(28-18-34)62(56,57)53-44(29-35-11-5-2-6-12-35)48(55)51-31-36-19-25-41(26-20-36)49-58-42(30-45(59-49)38-23-21-37(32-54)22-24-38)33-61-50-52-46(39-13-7-3-8-14-39)47(60-50)40-15-9-4-10-16-40/h2-28,42,44-45,49,53-54H,29-33H2,1H3,(H,51,55)/t42-,44+,45+,49?/m0/s1. The number of aromatic nitrogens is 1. The number of aryl methyl sites for hydroxylation is 1. The molecule has 62 heavy (non-hydrogen) atoms. The molecule has 1 aliphatic heterocycles. The molecule has 1 aliphatic rings. The van der Waals surface area contributed by atoms with E-state index in [0.29, 0.717) is 23.2 Å². The molecule has 1 aromatic heterocycles. The maximum atomic E-state index is 13.7. The Labute approximate surface area is 366 Å². The van der Waals surface area contributed by atoms with Crippen molar-refractivity contribution in [2.24, 2.45) is 0 Å². The monoisotopic (exact) mass is 865 g/mol. The molecule has 1 unspecified atom stereocenters. The smallest absolute Gasteiger partial charge is 0.256 e. The molecule has 12 heteroatoms. The van der Waals surface area contributed by atoms with Crippen LogP contribution in [0, 0.1) is 6.92 Å². The summed E-state index contributed by atoms with van der Waals surface area (Å²) in [5, 5.41) is 13.2. The lowest BCUT2D eigenvalue weighted by Crippen LogP contribution is -2.47. The fourth-order valence-electron chi connectivity index (χ4n) is 7.24. The maximum absolute atomic E-state index is 13.7. The number of aliphatic hydroxyl groups excluding tert-OH is 1. The van der Waals surface area contributed by atoms with Crippen molar-refractivity contribution in [3.8, 4) is 22.6 Å². The summed E-state index contributed by atoms with van der Waals surface area (Å²) in [7, 11) is -3.98. The molecule has 2 heterocycles. The van der Waals surface area contributed by atoms with Crippen LogP contribution in [0.4, 0.5) is 0 Å². The number of oxazole rings is 1. The highest BCUT2D eigenvalue weighted by Gasteiger charge is 2.33. The van der Waals surface area contributed by atoms with Crippen LogP contribution in [0.1, 0.15) is 52.2 Å². The van der Waals surface area contributed by atoms with Gasteiger partial charge in [0, 0.05) is 35.4 Å². The predicted molar refractivity (Wildman–Crippen MR) is 240 cm³/mol. The van der Waals surface area contributed by atoms with Gasteiger partial charge in [0.1, 0.15) is 11.7 Å². The molecule has 0 radical (unpaired) electrons. The number of rotatable bonds is 16. The van der Waals surface area contributed by atoms with Gasteiger partial charge in [-0.25, -0.2) is 13.4 Å². The molecule has 0 bridgehead atoms. The Morgan fingerprint density at radius 1 is 0.742 bits per heavy atom. The van der Waals surface area contributed by atoms with E-state index in [1.807, 2.05) is 146 Å². The quantitative estimate of drug-likeness (QED) is 0.0811. The molecule has 10 nitrogen and oxygen atoms in total. The molecule has 0 aliphatic carbocycles. The number of nitrogens with one attached hydrogen (secondary N) is 2. The molecule has 3 N–H and O–H groups in total. The lowest BCUT2D eigenvalue weighted by molar-refractivity contribution is -0.245. The number of hydrogen-bond acceptors (Lipinski definition) is 9. The van der Waals surface area contributed by atoms with Crippen LogP contribution in [-0.2, 0) is 43.9 Å². The number of thioether (sulfide) groups is 1. The molecule has 8 rings (SSSR count). The zero-order valence-corrected chi connectivity index (χ0v) is 35.7. The Hall–Kier alpha value is -5.86. The molecule has 0 spiro atoms. The average Bonchev–Trinajstić information content (AvgIpc) is 3.75. The van der Waals surface area contributed by atoms with Crippen molar-refractivity contribution in [1.29, 1.82) is 0 Å². The molecule has 6 aromatic carbocycles. The number of carbonyl (C=O) groups excluding carboxylic acids is 1. The Balaban J connectivity index is 0.969. The van der Waals surface area contributed by atoms with Gasteiger partial charge in [0.25, 0.3) is 5.22 Å². The maximum Gasteiger partial charge on any atom is 0.256 e. The first-order chi connectivity index (χ1) is 30.2. The number of hydrogen-bond donors (Lipinski definition) is 3.